The Bertz CT molecular complexity index is 698. The van der Waals surface area contributed by atoms with Crippen molar-refractivity contribution >= 4 is 21.9 Å². The molecule has 0 bridgehead atoms. The van der Waals surface area contributed by atoms with Gasteiger partial charge in [0.2, 0.25) is 10.0 Å². The molecule has 0 aliphatic carbocycles. The van der Waals surface area contributed by atoms with Crippen LogP contribution in [0, 0.1) is 5.92 Å². The van der Waals surface area contributed by atoms with E-state index in [-0.39, 0.29) is 22.4 Å². The predicted molar refractivity (Wildman–Crippen MR) is 90.0 cm³/mol. The molecular weight excluding hydrogens is 332 g/mol. The summed E-state index contributed by atoms with van der Waals surface area (Å²) in [5.74, 6) is -1.26. The summed E-state index contributed by atoms with van der Waals surface area (Å²) in [5, 5.41) is 2.57. The van der Waals surface area contributed by atoms with Crippen molar-refractivity contribution in [2.45, 2.75) is 44.7 Å². The Kier molecular flexibility index (Phi) is 6.92. The summed E-state index contributed by atoms with van der Waals surface area (Å²) in [6.07, 6.45) is 0. The van der Waals surface area contributed by atoms with Crippen LogP contribution in [0.15, 0.2) is 29.2 Å². The first-order valence-electron chi connectivity index (χ1n) is 7.59. The molecule has 0 fully saturated rings. The third-order valence-electron chi connectivity index (χ3n) is 3.21. The Morgan fingerprint density at radius 3 is 2.25 bits per heavy atom. The quantitative estimate of drug-likeness (QED) is 0.717. The third kappa shape index (κ3) is 5.31. The molecule has 8 heteroatoms. The number of rotatable bonds is 7. The van der Waals surface area contributed by atoms with E-state index in [1.54, 1.807) is 27.7 Å². The Balaban J connectivity index is 3.05. The maximum absolute atomic E-state index is 12.3. The molecule has 1 aromatic carbocycles. The minimum Gasteiger partial charge on any atom is -0.467 e. The summed E-state index contributed by atoms with van der Waals surface area (Å²) in [6, 6.07) is 4.56. The molecule has 1 aromatic rings. The van der Waals surface area contributed by atoms with Gasteiger partial charge in [0, 0.05) is 11.6 Å². The molecule has 0 unspecified atom stereocenters. The van der Waals surface area contributed by atoms with Crippen molar-refractivity contribution in [3.8, 4) is 0 Å². The molecule has 0 spiro atoms. The number of amides is 1. The molecule has 0 radical (unpaired) electrons. The monoisotopic (exact) mass is 356 g/mol. The van der Waals surface area contributed by atoms with Crippen LogP contribution in [-0.4, -0.2) is 39.5 Å². The van der Waals surface area contributed by atoms with Crippen molar-refractivity contribution < 1.29 is 22.7 Å². The van der Waals surface area contributed by atoms with E-state index in [1.807, 2.05) is 0 Å². The lowest BCUT2D eigenvalue weighted by Gasteiger charge is -2.20. The van der Waals surface area contributed by atoms with Gasteiger partial charge in [0.25, 0.3) is 5.91 Å². The predicted octanol–water partition coefficient (Wildman–Crippen LogP) is 1.30. The fourth-order valence-electron chi connectivity index (χ4n) is 2.03. The molecule has 1 rings (SSSR count). The van der Waals surface area contributed by atoms with Crippen molar-refractivity contribution in [1.82, 2.24) is 10.0 Å². The van der Waals surface area contributed by atoms with Crippen LogP contribution in [0.2, 0.25) is 0 Å². The van der Waals surface area contributed by atoms with Crippen molar-refractivity contribution in [1.29, 1.82) is 0 Å². The number of hydrogen-bond donors (Lipinski definition) is 2. The molecule has 0 aromatic heterocycles. The SMILES string of the molecule is COC(=O)[C@@H](NC(=O)c1cccc(S(=O)(=O)NC(C)C)c1)C(C)C. The van der Waals surface area contributed by atoms with E-state index in [4.69, 9.17) is 0 Å². The topological polar surface area (TPSA) is 102 Å². The first-order chi connectivity index (χ1) is 11.1. The third-order valence-corrected chi connectivity index (χ3v) is 4.86. The molecule has 0 saturated carbocycles. The van der Waals surface area contributed by atoms with Gasteiger partial charge >= 0.3 is 5.97 Å². The van der Waals surface area contributed by atoms with Crippen molar-refractivity contribution in [2.75, 3.05) is 7.11 Å². The smallest absolute Gasteiger partial charge is 0.328 e. The summed E-state index contributed by atoms with van der Waals surface area (Å²) >= 11 is 0. The second kappa shape index (κ2) is 8.25. The van der Waals surface area contributed by atoms with E-state index < -0.39 is 27.9 Å². The van der Waals surface area contributed by atoms with Gasteiger partial charge in [-0.05, 0) is 38.0 Å². The number of methoxy groups -OCH3 is 1. The molecule has 0 saturated heterocycles. The zero-order valence-electron chi connectivity index (χ0n) is 14.5. The number of hydrogen-bond acceptors (Lipinski definition) is 5. The Morgan fingerprint density at radius 1 is 1.12 bits per heavy atom. The van der Waals surface area contributed by atoms with Crippen LogP contribution in [0.1, 0.15) is 38.1 Å². The van der Waals surface area contributed by atoms with Gasteiger partial charge in [0.05, 0.1) is 12.0 Å². The fraction of sp³-hybridized carbons (Fsp3) is 0.500. The normalized spacial score (nSPS) is 13.0. The summed E-state index contributed by atoms with van der Waals surface area (Å²) in [7, 11) is -2.46. The van der Waals surface area contributed by atoms with Crippen LogP contribution in [0.25, 0.3) is 0 Å². The van der Waals surface area contributed by atoms with Gasteiger partial charge in [-0.3, -0.25) is 4.79 Å². The number of ether oxygens (including phenoxy) is 1. The van der Waals surface area contributed by atoms with Crippen LogP contribution < -0.4 is 10.0 Å². The Hall–Kier alpha value is -1.93. The molecule has 134 valence electrons. The van der Waals surface area contributed by atoms with E-state index >= 15 is 0 Å². The van der Waals surface area contributed by atoms with Gasteiger partial charge in [-0.15, -0.1) is 0 Å². The minimum atomic E-state index is -3.70. The van der Waals surface area contributed by atoms with E-state index in [1.165, 1.54) is 31.4 Å². The number of benzene rings is 1. The van der Waals surface area contributed by atoms with Gasteiger partial charge in [0.15, 0.2) is 0 Å². The summed E-state index contributed by atoms with van der Waals surface area (Å²) in [5.41, 5.74) is 0.149. The molecular formula is C16H24N2O5S. The van der Waals surface area contributed by atoms with E-state index in [2.05, 4.69) is 14.8 Å². The number of carbonyl (C=O) groups is 2. The van der Waals surface area contributed by atoms with Crippen LogP contribution >= 0.6 is 0 Å². The average molecular weight is 356 g/mol. The molecule has 7 nitrogen and oxygen atoms in total. The molecule has 0 aliphatic rings. The summed E-state index contributed by atoms with van der Waals surface area (Å²) < 4.78 is 31.5. The standard InChI is InChI=1S/C16H24N2O5S/c1-10(2)14(16(20)23-5)17-15(19)12-7-6-8-13(9-12)24(21,22)18-11(3)4/h6-11,14,18H,1-5H3,(H,17,19)/t14-/m0/s1. The summed E-state index contributed by atoms with van der Waals surface area (Å²) in [6.45, 7) is 6.96. The lowest BCUT2D eigenvalue weighted by Crippen LogP contribution is -2.45. The maximum atomic E-state index is 12.3. The van der Waals surface area contributed by atoms with E-state index in [0.29, 0.717) is 0 Å². The molecule has 24 heavy (non-hydrogen) atoms. The molecule has 0 aliphatic heterocycles. The fourth-order valence-corrected chi connectivity index (χ4v) is 3.33. The first-order valence-corrected chi connectivity index (χ1v) is 9.08. The molecule has 0 heterocycles. The Morgan fingerprint density at radius 2 is 1.75 bits per heavy atom. The lowest BCUT2D eigenvalue weighted by molar-refractivity contribution is -0.144. The average Bonchev–Trinajstić information content (AvgIpc) is 2.50. The van der Waals surface area contributed by atoms with Gasteiger partial charge in [-0.25, -0.2) is 17.9 Å². The maximum Gasteiger partial charge on any atom is 0.328 e. The van der Waals surface area contributed by atoms with Gasteiger partial charge in [-0.1, -0.05) is 19.9 Å². The number of carbonyl (C=O) groups excluding carboxylic acids is 2. The highest BCUT2D eigenvalue weighted by Gasteiger charge is 2.26. The van der Waals surface area contributed by atoms with Crippen LogP contribution in [0.3, 0.4) is 0 Å². The number of sulfonamides is 1. The second-order valence-electron chi connectivity index (χ2n) is 6.02. The van der Waals surface area contributed by atoms with Gasteiger partial charge < -0.3 is 10.1 Å². The van der Waals surface area contributed by atoms with E-state index in [9.17, 15) is 18.0 Å². The number of esters is 1. The highest BCUT2D eigenvalue weighted by Crippen LogP contribution is 2.13. The summed E-state index contributed by atoms with van der Waals surface area (Å²) in [4.78, 5) is 24.1. The molecule has 1 amide bonds. The largest absolute Gasteiger partial charge is 0.467 e. The van der Waals surface area contributed by atoms with Crippen molar-refractivity contribution in [2.24, 2.45) is 5.92 Å². The van der Waals surface area contributed by atoms with E-state index in [0.717, 1.165) is 0 Å². The lowest BCUT2D eigenvalue weighted by atomic mass is 10.0. The van der Waals surface area contributed by atoms with Gasteiger partial charge in [-0.2, -0.15) is 0 Å². The van der Waals surface area contributed by atoms with Gasteiger partial charge in [0.1, 0.15) is 6.04 Å². The Labute approximate surface area is 142 Å². The minimum absolute atomic E-state index is 0.0111. The number of nitrogens with one attached hydrogen (secondary N) is 2. The second-order valence-corrected chi connectivity index (χ2v) is 7.74. The highest BCUT2D eigenvalue weighted by molar-refractivity contribution is 7.89. The molecule has 1 atom stereocenters. The highest BCUT2D eigenvalue weighted by atomic mass is 32.2. The van der Waals surface area contributed by atoms with Crippen molar-refractivity contribution in [3.05, 3.63) is 29.8 Å². The van der Waals surface area contributed by atoms with Crippen LogP contribution in [-0.2, 0) is 19.6 Å². The van der Waals surface area contributed by atoms with Crippen LogP contribution in [0.4, 0.5) is 0 Å². The van der Waals surface area contributed by atoms with Crippen LogP contribution in [0.5, 0.6) is 0 Å². The first kappa shape index (κ1) is 20.1. The molecule has 2 N–H and O–H groups in total. The zero-order valence-corrected chi connectivity index (χ0v) is 15.3. The van der Waals surface area contributed by atoms with Crippen molar-refractivity contribution in [3.63, 3.8) is 0 Å². The zero-order chi connectivity index (χ0) is 18.5.